The van der Waals surface area contributed by atoms with Crippen LogP contribution in [0.5, 0.6) is 0 Å². The molecule has 0 amide bonds. The van der Waals surface area contributed by atoms with E-state index in [1.54, 1.807) is 0 Å². The highest BCUT2D eigenvalue weighted by Gasteiger charge is 2.22. The highest BCUT2D eigenvalue weighted by atomic mass is 32.1. The summed E-state index contributed by atoms with van der Waals surface area (Å²) in [7, 11) is 0. The van der Waals surface area contributed by atoms with Crippen molar-refractivity contribution in [1.82, 2.24) is 4.57 Å². The third-order valence-corrected chi connectivity index (χ3v) is 13.1. The topological polar surface area (TPSA) is 8.17 Å². The van der Waals surface area contributed by atoms with Gasteiger partial charge in [-0.2, -0.15) is 0 Å². The number of fused-ring (bicyclic) bond motifs is 9. The highest BCUT2D eigenvalue weighted by Crippen LogP contribution is 2.47. The van der Waals surface area contributed by atoms with E-state index in [1.807, 2.05) is 11.3 Å². The fraction of sp³-hybridized carbons (Fsp3) is 0. The van der Waals surface area contributed by atoms with Crippen molar-refractivity contribution in [3.8, 4) is 27.9 Å². The minimum Gasteiger partial charge on any atom is -0.310 e. The number of thiophene rings is 1. The van der Waals surface area contributed by atoms with Crippen LogP contribution in [-0.2, 0) is 0 Å². The first-order valence-corrected chi connectivity index (χ1v) is 21.0. The lowest BCUT2D eigenvalue weighted by molar-refractivity contribution is 1.18. The summed E-state index contributed by atoms with van der Waals surface area (Å²) in [5, 5.41) is 10.2. The zero-order valence-corrected chi connectivity index (χ0v) is 32.9. The van der Waals surface area contributed by atoms with Crippen molar-refractivity contribution in [2.75, 3.05) is 4.90 Å². The normalized spacial score (nSPS) is 11.7. The van der Waals surface area contributed by atoms with Crippen LogP contribution < -0.4 is 4.90 Å². The summed E-state index contributed by atoms with van der Waals surface area (Å²) < 4.78 is 4.99. The summed E-state index contributed by atoms with van der Waals surface area (Å²) in [6.45, 7) is 0. The molecule has 0 saturated heterocycles. The maximum atomic E-state index is 2.46. The molecule has 0 atom stereocenters. The minimum atomic E-state index is 1.11. The molecule has 0 aliphatic carbocycles. The van der Waals surface area contributed by atoms with Crippen LogP contribution in [0.1, 0.15) is 0 Å². The van der Waals surface area contributed by atoms with E-state index < -0.39 is 0 Å². The predicted octanol–water partition coefficient (Wildman–Crippen LogP) is 16.3. The summed E-state index contributed by atoms with van der Waals surface area (Å²) in [5.74, 6) is 0. The van der Waals surface area contributed by atoms with Gasteiger partial charge in [-0.15, -0.1) is 11.3 Å². The molecule has 2 aromatic heterocycles. The van der Waals surface area contributed by atoms with Crippen molar-refractivity contribution >= 4 is 91.9 Å². The molecule has 59 heavy (non-hydrogen) atoms. The van der Waals surface area contributed by atoms with E-state index >= 15 is 0 Å². The van der Waals surface area contributed by atoms with E-state index in [-0.39, 0.29) is 0 Å². The predicted molar refractivity (Wildman–Crippen MR) is 254 cm³/mol. The van der Waals surface area contributed by atoms with E-state index in [0.717, 1.165) is 22.7 Å². The molecule has 0 aliphatic rings. The summed E-state index contributed by atoms with van der Waals surface area (Å²) >= 11 is 1.88. The Hall–Kier alpha value is -7.46. The number of rotatable bonds is 6. The van der Waals surface area contributed by atoms with E-state index in [2.05, 4.69) is 228 Å². The van der Waals surface area contributed by atoms with E-state index in [9.17, 15) is 0 Å². The van der Waals surface area contributed by atoms with Crippen molar-refractivity contribution in [3.05, 3.63) is 218 Å². The van der Waals surface area contributed by atoms with Crippen LogP contribution in [0.2, 0.25) is 0 Å². The highest BCUT2D eigenvalue weighted by molar-refractivity contribution is 7.26. The molecule has 276 valence electrons. The lowest BCUT2D eigenvalue weighted by Gasteiger charge is -2.27. The van der Waals surface area contributed by atoms with Gasteiger partial charge in [0.15, 0.2) is 0 Å². The summed E-state index contributed by atoms with van der Waals surface area (Å²) in [6, 6.07) is 79.9. The quantitative estimate of drug-likeness (QED) is 0.164. The fourth-order valence-corrected chi connectivity index (χ4v) is 10.5. The molecule has 0 unspecified atom stereocenters. The minimum absolute atomic E-state index is 1.11. The first kappa shape index (κ1) is 33.7. The van der Waals surface area contributed by atoms with Gasteiger partial charge in [0.25, 0.3) is 0 Å². The van der Waals surface area contributed by atoms with Gasteiger partial charge in [0.05, 0.1) is 16.7 Å². The zero-order chi connectivity index (χ0) is 38.9. The number of aromatic nitrogens is 1. The Morgan fingerprint density at radius 2 is 0.966 bits per heavy atom. The van der Waals surface area contributed by atoms with Crippen LogP contribution in [0, 0.1) is 0 Å². The second-order valence-electron chi connectivity index (χ2n) is 15.3. The SMILES string of the molecule is c1ccc(-c2ccc(-c3ccc(N(c4ccc5c(c4)sc4ccc6ccccc6c45)c4cccc5c4c4ccccc4n5-c4ccccc4)cc3)c3ccccc23)cc1. The van der Waals surface area contributed by atoms with Crippen LogP contribution in [0.3, 0.4) is 0 Å². The van der Waals surface area contributed by atoms with Gasteiger partial charge in [0.2, 0.25) is 0 Å². The molecule has 2 heterocycles. The Balaban J connectivity index is 1.07. The zero-order valence-electron chi connectivity index (χ0n) is 32.1. The maximum Gasteiger partial charge on any atom is 0.0562 e. The molecule has 0 bridgehead atoms. The molecule has 10 aromatic carbocycles. The number of anilines is 3. The van der Waals surface area contributed by atoms with Crippen LogP contribution >= 0.6 is 11.3 Å². The molecule has 0 fully saturated rings. The summed E-state index contributed by atoms with van der Waals surface area (Å²) in [5.41, 5.74) is 11.8. The second-order valence-corrected chi connectivity index (χ2v) is 16.3. The monoisotopic (exact) mass is 768 g/mol. The van der Waals surface area contributed by atoms with Crippen molar-refractivity contribution in [3.63, 3.8) is 0 Å². The number of nitrogens with zero attached hydrogens (tertiary/aromatic N) is 2. The number of benzene rings is 10. The Labute approximate surface area is 346 Å². The Morgan fingerprint density at radius 1 is 0.356 bits per heavy atom. The van der Waals surface area contributed by atoms with Crippen LogP contribution in [-0.4, -0.2) is 4.57 Å². The van der Waals surface area contributed by atoms with Crippen LogP contribution in [0.15, 0.2) is 218 Å². The molecule has 0 aliphatic heterocycles. The Kier molecular flexibility index (Phi) is 7.75. The molecule has 12 rings (SSSR count). The molecular weight excluding hydrogens is 733 g/mol. The van der Waals surface area contributed by atoms with E-state index in [0.29, 0.717) is 0 Å². The lowest BCUT2D eigenvalue weighted by Crippen LogP contribution is -2.10. The van der Waals surface area contributed by atoms with Gasteiger partial charge in [-0.3, -0.25) is 0 Å². The number of hydrogen-bond donors (Lipinski definition) is 0. The van der Waals surface area contributed by atoms with Crippen LogP contribution in [0.25, 0.3) is 91.5 Å². The standard InChI is InChI=1S/C56H36N2S/c1-3-14-37(15-4-1)43-33-34-44(47-21-10-9-20-46(43)47)39-26-29-41(30-27-39)57(42-31-32-49-54(36-42)59-53-35-28-38-16-7-8-19-45(38)55(49)53)51-24-13-25-52-56(51)48-22-11-12-23-50(48)58(52)40-17-5-2-6-18-40/h1-36H. The van der Waals surface area contributed by atoms with Crippen molar-refractivity contribution < 1.29 is 0 Å². The summed E-state index contributed by atoms with van der Waals surface area (Å²) in [6.07, 6.45) is 0. The van der Waals surface area contributed by atoms with Crippen LogP contribution in [0.4, 0.5) is 17.1 Å². The molecule has 0 spiro atoms. The lowest BCUT2D eigenvalue weighted by atomic mass is 9.92. The first-order chi connectivity index (χ1) is 29.3. The maximum absolute atomic E-state index is 2.46. The van der Waals surface area contributed by atoms with Gasteiger partial charge in [-0.1, -0.05) is 158 Å². The molecule has 0 radical (unpaired) electrons. The third kappa shape index (κ3) is 5.40. The molecule has 0 saturated carbocycles. The third-order valence-electron chi connectivity index (χ3n) is 12.0. The molecule has 0 N–H and O–H groups in total. The van der Waals surface area contributed by atoms with Gasteiger partial charge in [-0.25, -0.2) is 0 Å². The molecular formula is C56H36N2S. The van der Waals surface area contributed by atoms with Gasteiger partial charge in [0, 0.05) is 48.0 Å². The Morgan fingerprint density at radius 3 is 1.73 bits per heavy atom. The van der Waals surface area contributed by atoms with Gasteiger partial charge < -0.3 is 9.47 Å². The van der Waals surface area contributed by atoms with Crippen molar-refractivity contribution in [1.29, 1.82) is 0 Å². The Bertz CT molecular complexity index is 3540. The van der Waals surface area contributed by atoms with Crippen molar-refractivity contribution in [2.45, 2.75) is 0 Å². The van der Waals surface area contributed by atoms with Gasteiger partial charge >= 0.3 is 0 Å². The number of para-hydroxylation sites is 2. The smallest absolute Gasteiger partial charge is 0.0562 e. The van der Waals surface area contributed by atoms with E-state index in [1.165, 1.54) is 85.8 Å². The number of hydrogen-bond acceptors (Lipinski definition) is 2. The molecule has 12 aromatic rings. The fourth-order valence-electron chi connectivity index (χ4n) is 9.35. The first-order valence-electron chi connectivity index (χ1n) is 20.2. The molecule has 2 nitrogen and oxygen atoms in total. The average molecular weight is 769 g/mol. The van der Waals surface area contributed by atoms with E-state index in [4.69, 9.17) is 0 Å². The average Bonchev–Trinajstić information content (AvgIpc) is 3.86. The molecule has 3 heteroatoms. The van der Waals surface area contributed by atoms with Gasteiger partial charge in [0.1, 0.15) is 0 Å². The summed E-state index contributed by atoms with van der Waals surface area (Å²) in [4.78, 5) is 2.46. The van der Waals surface area contributed by atoms with Gasteiger partial charge in [-0.05, 0) is 104 Å². The second kappa shape index (κ2) is 13.6. The van der Waals surface area contributed by atoms with Crippen molar-refractivity contribution in [2.24, 2.45) is 0 Å². The largest absolute Gasteiger partial charge is 0.310 e.